The van der Waals surface area contributed by atoms with Gasteiger partial charge in [0.05, 0.1) is 17.9 Å². The van der Waals surface area contributed by atoms with Gasteiger partial charge in [-0.25, -0.2) is 4.98 Å². The molecule has 0 aliphatic heterocycles. The van der Waals surface area contributed by atoms with E-state index in [1.807, 2.05) is 32.0 Å². The molecular weight excluding hydrogens is 364 g/mol. The Bertz CT molecular complexity index is 921. The normalized spacial score (nSPS) is 13.3. The van der Waals surface area contributed by atoms with Gasteiger partial charge in [-0.15, -0.1) is 0 Å². The van der Waals surface area contributed by atoms with Crippen molar-refractivity contribution >= 4 is 29.3 Å². The zero-order chi connectivity index (χ0) is 19.4. The van der Waals surface area contributed by atoms with Gasteiger partial charge < -0.3 is 15.6 Å². The highest BCUT2D eigenvalue weighted by molar-refractivity contribution is 7.99. The first kappa shape index (κ1) is 19.2. The number of benzene rings is 1. The number of hydrogen-bond acceptors (Lipinski definition) is 5. The summed E-state index contributed by atoms with van der Waals surface area (Å²) in [7, 11) is 0. The van der Waals surface area contributed by atoms with Crippen molar-refractivity contribution in [3.8, 4) is 0 Å². The molecule has 8 heteroatoms. The second-order valence-corrected chi connectivity index (χ2v) is 7.68. The van der Waals surface area contributed by atoms with Crippen molar-refractivity contribution in [2.45, 2.75) is 44.3 Å². The standard InChI is InChI=1S/C19H22N4O3S/c1-11-3-6-15(12(2)7-11)22-18(26)10-27-19-21-14(9-17(25)23-19)8-16(24)20-13-4-5-13/h3,6-7,9,13H,4-5,8,10H2,1-2H3,(H,20,24)(H,22,26)(H,21,23,25). The lowest BCUT2D eigenvalue weighted by Gasteiger charge is -2.09. The van der Waals surface area contributed by atoms with Gasteiger partial charge >= 0.3 is 0 Å². The largest absolute Gasteiger partial charge is 0.353 e. The molecule has 1 aromatic heterocycles. The minimum absolute atomic E-state index is 0.0583. The van der Waals surface area contributed by atoms with Gasteiger partial charge in [-0.3, -0.25) is 14.4 Å². The smallest absolute Gasteiger partial charge is 0.251 e. The SMILES string of the molecule is Cc1ccc(NC(=O)CSc2nc(CC(=O)NC3CC3)cc(=O)[nH]2)c(C)c1. The number of H-pyrrole nitrogens is 1. The van der Waals surface area contributed by atoms with E-state index in [1.54, 1.807) is 0 Å². The van der Waals surface area contributed by atoms with Gasteiger partial charge in [-0.2, -0.15) is 0 Å². The molecule has 1 fully saturated rings. The van der Waals surface area contributed by atoms with Crippen molar-refractivity contribution in [1.82, 2.24) is 15.3 Å². The Labute approximate surface area is 161 Å². The zero-order valence-corrected chi connectivity index (χ0v) is 16.1. The van der Waals surface area contributed by atoms with Gasteiger partial charge in [-0.1, -0.05) is 29.5 Å². The van der Waals surface area contributed by atoms with Crippen LogP contribution in [0.15, 0.2) is 34.2 Å². The Morgan fingerprint density at radius 1 is 1.22 bits per heavy atom. The molecule has 7 nitrogen and oxygen atoms in total. The fraction of sp³-hybridized carbons (Fsp3) is 0.368. The number of aromatic amines is 1. The molecule has 27 heavy (non-hydrogen) atoms. The highest BCUT2D eigenvalue weighted by Gasteiger charge is 2.23. The van der Waals surface area contributed by atoms with Gasteiger partial charge in [0.25, 0.3) is 5.56 Å². The highest BCUT2D eigenvalue weighted by Crippen LogP contribution is 2.19. The van der Waals surface area contributed by atoms with Gasteiger partial charge in [0.1, 0.15) is 0 Å². The molecule has 1 aliphatic carbocycles. The summed E-state index contributed by atoms with van der Waals surface area (Å²) in [6.07, 6.45) is 2.07. The Kier molecular flexibility index (Phi) is 5.95. The predicted molar refractivity (Wildman–Crippen MR) is 105 cm³/mol. The number of hydrogen-bond donors (Lipinski definition) is 3. The fourth-order valence-electron chi connectivity index (χ4n) is 2.59. The van der Waals surface area contributed by atoms with E-state index in [-0.39, 0.29) is 35.6 Å². The van der Waals surface area contributed by atoms with E-state index in [0.29, 0.717) is 10.9 Å². The summed E-state index contributed by atoms with van der Waals surface area (Å²) in [4.78, 5) is 42.7. The van der Waals surface area contributed by atoms with Crippen LogP contribution in [-0.2, 0) is 16.0 Å². The van der Waals surface area contributed by atoms with E-state index in [2.05, 4.69) is 20.6 Å². The summed E-state index contributed by atoms with van der Waals surface area (Å²) in [5.74, 6) is -0.223. The molecule has 1 aromatic carbocycles. The van der Waals surface area contributed by atoms with Crippen LogP contribution in [0, 0.1) is 13.8 Å². The molecule has 2 amide bonds. The molecule has 142 valence electrons. The Morgan fingerprint density at radius 3 is 2.70 bits per heavy atom. The molecule has 1 aliphatic rings. The Balaban J connectivity index is 1.57. The molecule has 0 bridgehead atoms. The van der Waals surface area contributed by atoms with E-state index in [9.17, 15) is 14.4 Å². The first-order valence-electron chi connectivity index (χ1n) is 8.78. The van der Waals surface area contributed by atoms with Gasteiger partial charge in [0.15, 0.2) is 5.16 Å². The number of nitrogens with zero attached hydrogens (tertiary/aromatic N) is 1. The Hall–Kier alpha value is -2.61. The predicted octanol–water partition coefficient (Wildman–Crippen LogP) is 1.94. The van der Waals surface area contributed by atoms with Crippen LogP contribution in [0.4, 0.5) is 5.69 Å². The number of amides is 2. The van der Waals surface area contributed by atoms with Crippen molar-refractivity contribution in [2.75, 3.05) is 11.1 Å². The molecule has 3 N–H and O–H groups in total. The molecule has 0 saturated heterocycles. The lowest BCUT2D eigenvalue weighted by atomic mass is 10.1. The number of aromatic nitrogens is 2. The second-order valence-electron chi connectivity index (χ2n) is 6.72. The summed E-state index contributed by atoms with van der Waals surface area (Å²) in [6.45, 7) is 3.93. The maximum Gasteiger partial charge on any atom is 0.251 e. The molecule has 0 radical (unpaired) electrons. The second kappa shape index (κ2) is 8.39. The summed E-state index contributed by atoms with van der Waals surface area (Å²) in [6, 6.07) is 7.38. The van der Waals surface area contributed by atoms with Crippen molar-refractivity contribution in [3.63, 3.8) is 0 Å². The average molecular weight is 386 g/mol. The first-order chi connectivity index (χ1) is 12.9. The molecule has 0 unspecified atom stereocenters. The average Bonchev–Trinajstić information content (AvgIpc) is 3.39. The fourth-order valence-corrected chi connectivity index (χ4v) is 3.28. The number of carbonyl (C=O) groups is 2. The third kappa shape index (κ3) is 5.96. The maximum absolute atomic E-state index is 12.2. The van der Waals surface area contributed by atoms with Crippen LogP contribution < -0.4 is 16.2 Å². The maximum atomic E-state index is 12.2. The van der Waals surface area contributed by atoms with Gasteiger partial charge in [-0.05, 0) is 38.3 Å². The molecular formula is C19H22N4O3S. The van der Waals surface area contributed by atoms with Crippen molar-refractivity contribution in [1.29, 1.82) is 0 Å². The molecule has 3 rings (SSSR count). The third-order valence-corrected chi connectivity index (χ3v) is 4.93. The summed E-state index contributed by atoms with van der Waals surface area (Å²) in [5.41, 5.74) is 2.94. The van der Waals surface area contributed by atoms with Crippen LogP contribution in [0.2, 0.25) is 0 Å². The van der Waals surface area contributed by atoms with Crippen molar-refractivity contribution in [3.05, 3.63) is 51.4 Å². The number of nitrogens with one attached hydrogen (secondary N) is 3. The van der Waals surface area contributed by atoms with Crippen LogP contribution in [0.5, 0.6) is 0 Å². The number of rotatable bonds is 7. The van der Waals surface area contributed by atoms with Crippen LogP contribution in [0.25, 0.3) is 0 Å². The highest BCUT2D eigenvalue weighted by atomic mass is 32.2. The lowest BCUT2D eigenvalue weighted by molar-refractivity contribution is -0.120. The van der Waals surface area contributed by atoms with E-state index in [0.717, 1.165) is 41.4 Å². The van der Waals surface area contributed by atoms with E-state index in [4.69, 9.17) is 0 Å². The molecule has 2 aromatic rings. The Morgan fingerprint density at radius 2 is 2.00 bits per heavy atom. The van der Waals surface area contributed by atoms with Crippen LogP contribution in [0.1, 0.15) is 29.7 Å². The molecule has 0 atom stereocenters. The van der Waals surface area contributed by atoms with E-state index >= 15 is 0 Å². The number of aryl methyl sites for hydroxylation is 2. The number of carbonyl (C=O) groups excluding carboxylic acids is 2. The zero-order valence-electron chi connectivity index (χ0n) is 15.3. The van der Waals surface area contributed by atoms with Crippen molar-refractivity contribution in [2.24, 2.45) is 0 Å². The van der Waals surface area contributed by atoms with Crippen LogP contribution >= 0.6 is 11.8 Å². The van der Waals surface area contributed by atoms with Gasteiger partial charge in [0, 0.05) is 17.8 Å². The third-order valence-electron chi connectivity index (χ3n) is 4.05. The quantitative estimate of drug-likeness (QED) is 0.498. The number of thioether (sulfide) groups is 1. The molecule has 0 spiro atoms. The lowest BCUT2D eigenvalue weighted by Crippen LogP contribution is -2.28. The van der Waals surface area contributed by atoms with Crippen LogP contribution in [-0.4, -0.2) is 33.6 Å². The topological polar surface area (TPSA) is 104 Å². The summed E-state index contributed by atoms with van der Waals surface area (Å²) >= 11 is 1.13. The van der Waals surface area contributed by atoms with E-state index < -0.39 is 0 Å². The first-order valence-corrected chi connectivity index (χ1v) is 9.77. The van der Waals surface area contributed by atoms with Gasteiger partial charge in [0.2, 0.25) is 11.8 Å². The molecule has 1 saturated carbocycles. The summed E-state index contributed by atoms with van der Waals surface area (Å²) in [5, 5.41) is 6.05. The minimum atomic E-state index is -0.337. The monoisotopic (exact) mass is 386 g/mol. The minimum Gasteiger partial charge on any atom is -0.353 e. The summed E-state index contributed by atoms with van der Waals surface area (Å²) < 4.78 is 0. The molecule has 1 heterocycles. The van der Waals surface area contributed by atoms with Crippen LogP contribution in [0.3, 0.4) is 0 Å². The van der Waals surface area contributed by atoms with E-state index in [1.165, 1.54) is 6.07 Å². The van der Waals surface area contributed by atoms with Crippen molar-refractivity contribution < 1.29 is 9.59 Å². The number of anilines is 1.